The molecule has 2 N–H and O–H groups in total. The Morgan fingerprint density at radius 2 is 2.16 bits per heavy atom. The summed E-state index contributed by atoms with van der Waals surface area (Å²) < 4.78 is 38.2. The Balaban J connectivity index is 1.98. The van der Waals surface area contributed by atoms with E-state index in [4.69, 9.17) is 0 Å². The van der Waals surface area contributed by atoms with E-state index in [0.717, 1.165) is 30.1 Å². The Labute approximate surface area is 109 Å². The van der Waals surface area contributed by atoms with Crippen molar-refractivity contribution in [3.05, 3.63) is 35.5 Å². The van der Waals surface area contributed by atoms with Crippen LogP contribution in [0.15, 0.2) is 24.4 Å². The van der Waals surface area contributed by atoms with Crippen molar-refractivity contribution in [3.8, 4) is 0 Å². The van der Waals surface area contributed by atoms with Crippen molar-refractivity contribution in [2.45, 2.75) is 18.5 Å². The number of halogens is 3. The maximum atomic E-state index is 12.7. The lowest BCUT2D eigenvalue weighted by Crippen LogP contribution is -2.10. The van der Waals surface area contributed by atoms with Crippen LogP contribution in [0.4, 0.5) is 13.2 Å². The van der Waals surface area contributed by atoms with E-state index in [1.807, 2.05) is 13.2 Å². The molecule has 2 aromatic rings. The molecule has 0 radical (unpaired) electrons. The topological polar surface area (TPSA) is 27.8 Å². The predicted molar refractivity (Wildman–Crippen MR) is 68.1 cm³/mol. The second-order valence-electron chi connectivity index (χ2n) is 5.16. The molecule has 1 unspecified atom stereocenters. The molecule has 1 heterocycles. The lowest BCUT2D eigenvalue weighted by molar-refractivity contribution is -0.137. The highest BCUT2D eigenvalue weighted by Crippen LogP contribution is 2.49. The molecule has 3 rings (SSSR count). The molecular formula is C14H15F3N2. The molecule has 1 aliphatic carbocycles. The van der Waals surface area contributed by atoms with Crippen LogP contribution in [-0.4, -0.2) is 18.6 Å². The summed E-state index contributed by atoms with van der Waals surface area (Å²) >= 11 is 0. The molecule has 0 aliphatic heterocycles. The minimum absolute atomic E-state index is 0.379. The molecule has 19 heavy (non-hydrogen) atoms. The molecule has 5 heteroatoms. The van der Waals surface area contributed by atoms with E-state index in [0.29, 0.717) is 17.2 Å². The largest absolute Gasteiger partial charge is 0.416 e. The molecule has 0 bridgehead atoms. The Morgan fingerprint density at radius 3 is 2.84 bits per heavy atom. The van der Waals surface area contributed by atoms with E-state index < -0.39 is 11.7 Å². The van der Waals surface area contributed by atoms with Gasteiger partial charge in [-0.25, -0.2) is 0 Å². The van der Waals surface area contributed by atoms with Gasteiger partial charge >= 0.3 is 6.18 Å². The number of H-pyrrole nitrogens is 1. The number of hydrogen-bond donors (Lipinski definition) is 2. The van der Waals surface area contributed by atoms with Gasteiger partial charge in [-0.1, -0.05) is 0 Å². The zero-order valence-corrected chi connectivity index (χ0v) is 10.5. The monoisotopic (exact) mass is 268 g/mol. The van der Waals surface area contributed by atoms with Crippen LogP contribution < -0.4 is 5.32 Å². The summed E-state index contributed by atoms with van der Waals surface area (Å²) in [7, 11) is 1.90. The summed E-state index contributed by atoms with van der Waals surface area (Å²) in [5.41, 5.74) is 1.21. The molecule has 1 fully saturated rings. The Bertz CT molecular complexity index is 600. The van der Waals surface area contributed by atoms with Crippen LogP contribution in [0.25, 0.3) is 10.9 Å². The number of nitrogens with one attached hydrogen (secondary N) is 2. The van der Waals surface area contributed by atoms with Crippen LogP contribution in [0.3, 0.4) is 0 Å². The summed E-state index contributed by atoms with van der Waals surface area (Å²) in [5.74, 6) is 0.920. The van der Waals surface area contributed by atoms with Gasteiger partial charge in [-0.15, -0.1) is 0 Å². The summed E-state index contributed by atoms with van der Waals surface area (Å²) in [4.78, 5) is 3.06. The fourth-order valence-corrected chi connectivity index (χ4v) is 2.74. The molecule has 0 amide bonds. The third kappa shape index (κ3) is 2.23. The minimum atomic E-state index is -4.28. The van der Waals surface area contributed by atoms with Gasteiger partial charge in [0.1, 0.15) is 0 Å². The van der Waals surface area contributed by atoms with Gasteiger partial charge < -0.3 is 10.3 Å². The van der Waals surface area contributed by atoms with Gasteiger partial charge in [0.25, 0.3) is 0 Å². The fourth-order valence-electron chi connectivity index (χ4n) is 2.74. The first kappa shape index (κ1) is 12.5. The van der Waals surface area contributed by atoms with Crippen LogP contribution in [0.1, 0.15) is 23.5 Å². The molecule has 1 aliphatic rings. The number of fused-ring (bicyclic) bond motifs is 1. The number of aromatic amines is 1. The minimum Gasteiger partial charge on any atom is -0.361 e. The Hall–Kier alpha value is -1.49. The maximum absolute atomic E-state index is 12.7. The molecule has 1 saturated carbocycles. The standard InChI is InChI=1S/C14H15F3N2/c1-18-6-8-4-10(8)12-7-19-13-3-2-9(5-11(12)13)14(15,16)17/h2-3,5,7-8,10,18-19H,4,6H2,1H3/t8?,10-/m0/s1. The van der Waals surface area contributed by atoms with Gasteiger partial charge in [-0.2, -0.15) is 13.2 Å². The third-order valence-electron chi connectivity index (χ3n) is 3.83. The first-order chi connectivity index (χ1) is 9.00. The van der Waals surface area contributed by atoms with Crippen molar-refractivity contribution in [3.63, 3.8) is 0 Å². The van der Waals surface area contributed by atoms with Crippen LogP contribution in [0.2, 0.25) is 0 Å². The van der Waals surface area contributed by atoms with E-state index in [-0.39, 0.29) is 0 Å². The second kappa shape index (κ2) is 4.27. The van der Waals surface area contributed by atoms with Crippen molar-refractivity contribution in [2.24, 2.45) is 5.92 Å². The summed E-state index contributed by atoms with van der Waals surface area (Å²) in [5, 5.41) is 3.82. The summed E-state index contributed by atoms with van der Waals surface area (Å²) in [6.07, 6.45) is -1.38. The molecule has 102 valence electrons. The number of alkyl halides is 3. The maximum Gasteiger partial charge on any atom is 0.416 e. The number of aromatic nitrogens is 1. The van der Waals surface area contributed by atoms with Gasteiger partial charge in [-0.3, -0.25) is 0 Å². The van der Waals surface area contributed by atoms with E-state index in [2.05, 4.69) is 10.3 Å². The van der Waals surface area contributed by atoms with Gasteiger partial charge in [0, 0.05) is 17.1 Å². The van der Waals surface area contributed by atoms with E-state index in [1.54, 1.807) is 0 Å². The van der Waals surface area contributed by atoms with Gasteiger partial charge in [0.05, 0.1) is 5.56 Å². The van der Waals surface area contributed by atoms with Crippen molar-refractivity contribution in [1.82, 2.24) is 10.3 Å². The zero-order chi connectivity index (χ0) is 13.6. The van der Waals surface area contributed by atoms with Crippen molar-refractivity contribution < 1.29 is 13.2 Å². The highest BCUT2D eigenvalue weighted by Gasteiger charge is 2.39. The predicted octanol–water partition coefficient (Wildman–Crippen LogP) is 3.51. The highest BCUT2D eigenvalue weighted by molar-refractivity contribution is 5.85. The number of benzene rings is 1. The smallest absolute Gasteiger partial charge is 0.361 e. The van der Waals surface area contributed by atoms with Crippen LogP contribution in [-0.2, 0) is 6.18 Å². The van der Waals surface area contributed by atoms with Gasteiger partial charge in [0.15, 0.2) is 0 Å². The van der Waals surface area contributed by atoms with Gasteiger partial charge in [-0.05, 0) is 55.6 Å². The first-order valence-corrected chi connectivity index (χ1v) is 6.33. The average Bonchev–Trinajstić information content (AvgIpc) is 2.98. The molecule has 1 aromatic heterocycles. The number of rotatable bonds is 3. The quantitative estimate of drug-likeness (QED) is 0.876. The molecule has 1 aromatic carbocycles. The van der Waals surface area contributed by atoms with Crippen LogP contribution in [0, 0.1) is 5.92 Å². The van der Waals surface area contributed by atoms with Crippen molar-refractivity contribution >= 4 is 10.9 Å². The highest BCUT2D eigenvalue weighted by atomic mass is 19.4. The molecular weight excluding hydrogens is 253 g/mol. The lowest BCUT2D eigenvalue weighted by atomic mass is 10.1. The van der Waals surface area contributed by atoms with Crippen LogP contribution >= 0.6 is 0 Å². The van der Waals surface area contributed by atoms with E-state index in [9.17, 15) is 13.2 Å². The van der Waals surface area contributed by atoms with Crippen LogP contribution in [0.5, 0.6) is 0 Å². The summed E-state index contributed by atoms with van der Waals surface area (Å²) in [6.45, 7) is 0.913. The van der Waals surface area contributed by atoms with E-state index in [1.165, 1.54) is 12.1 Å². The first-order valence-electron chi connectivity index (χ1n) is 6.33. The van der Waals surface area contributed by atoms with Crippen molar-refractivity contribution in [1.29, 1.82) is 0 Å². The fraction of sp³-hybridized carbons (Fsp3) is 0.429. The normalized spacial score (nSPS) is 22.9. The Morgan fingerprint density at radius 1 is 1.37 bits per heavy atom. The molecule has 0 spiro atoms. The average molecular weight is 268 g/mol. The molecule has 2 atom stereocenters. The zero-order valence-electron chi connectivity index (χ0n) is 10.5. The lowest BCUT2D eigenvalue weighted by Gasteiger charge is -2.07. The van der Waals surface area contributed by atoms with Crippen molar-refractivity contribution in [2.75, 3.05) is 13.6 Å². The number of hydrogen-bond acceptors (Lipinski definition) is 1. The SMILES string of the molecule is CNCC1C[C@@H]1c1c[nH]c2ccc(C(F)(F)F)cc12. The summed E-state index contributed by atoms with van der Waals surface area (Å²) in [6, 6.07) is 3.90. The van der Waals surface area contributed by atoms with E-state index >= 15 is 0 Å². The molecule has 0 saturated heterocycles. The molecule has 2 nitrogen and oxygen atoms in total. The third-order valence-corrected chi connectivity index (χ3v) is 3.83. The Kier molecular flexibility index (Phi) is 2.82. The second-order valence-corrected chi connectivity index (χ2v) is 5.16. The van der Waals surface area contributed by atoms with Gasteiger partial charge in [0.2, 0.25) is 0 Å².